The number of primary amides is 1. The van der Waals surface area contributed by atoms with Crippen molar-refractivity contribution >= 4 is 5.91 Å². The lowest BCUT2D eigenvalue weighted by atomic mass is 9.91. The summed E-state index contributed by atoms with van der Waals surface area (Å²) in [7, 11) is 0. The Morgan fingerprint density at radius 2 is 1.20 bits per heavy atom. The summed E-state index contributed by atoms with van der Waals surface area (Å²) in [4.78, 5) is 11.5. The molecule has 2 aromatic carbocycles. The van der Waals surface area contributed by atoms with Crippen LogP contribution in [0, 0.1) is 0 Å². The monoisotopic (exact) mass is 447 g/mol. The van der Waals surface area contributed by atoms with Gasteiger partial charge >= 0.3 is 24.2 Å². The summed E-state index contributed by atoms with van der Waals surface area (Å²) in [5.74, 6) is -1.22. The number of nitrogens with two attached hydrogens (primary N) is 1. The van der Waals surface area contributed by atoms with E-state index in [9.17, 15) is 48.7 Å². The highest BCUT2D eigenvalue weighted by Gasteiger charge is 2.73. The van der Waals surface area contributed by atoms with Crippen molar-refractivity contribution in [1.29, 1.82) is 0 Å². The molecule has 0 unspecified atom stereocenters. The minimum atomic E-state index is -6.28. The molecule has 164 valence electrons. The number of amides is 1. The van der Waals surface area contributed by atoms with Gasteiger partial charge in [-0.25, -0.2) is 4.39 Å². The molecule has 0 bridgehead atoms. The van der Waals surface area contributed by atoms with Gasteiger partial charge in [-0.2, -0.15) is 39.5 Å². The predicted octanol–water partition coefficient (Wildman–Crippen LogP) is 5.68. The molecular formula is C18H11F10NO. The standard InChI is InChI=1S/C18H11F10NO/c19-15(17(23,24)25,18(26,27)28)11-4-1-9(2-5-11)7-10-3-6-12(16(20,21)22)8-13(10)14(29)30/h1-6,8H,7H2,(H2,29,30). The molecule has 0 aliphatic carbocycles. The molecule has 2 aromatic rings. The van der Waals surface area contributed by atoms with Crippen LogP contribution in [0.1, 0.15) is 32.6 Å². The van der Waals surface area contributed by atoms with Gasteiger partial charge in [0.15, 0.2) is 0 Å². The Hall–Kier alpha value is -2.79. The Labute approximate surface area is 162 Å². The van der Waals surface area contributed by atoms with E-state index in [0.717, 1.165) is 18.2 Å². The topological polar surface area (TPSA) is 43.1 Å². The van der Waals surface area contributed by atoms with Crippen LogP contribution in [0.2, 0.25) is 0 Å². The maximum absolute atomic E-state index is 14.0. The average molecular weight is 447 g/mol. The number of rotatable bonds is 4. The van der Waals surface area contributed by atoms with Crippen molar-refractivity contribution in [1.82, 2.24) is 0 Å². The van der Waals surface area contributed by atoms with E-state index >= 15 is 0 Å². The molecule has 0 atom stereocenters. The Balaban J connectivity index is 2.42. The molecule has 0 heterocycles. The van der Waals surface area contributed by atoms with Crippen LogP contribution in [-0.2, 0) is 18.3 Å². The minimum Gasteiger partial charge on any atom is -0.366 e. The fourth-order valence-electron chi connectivity index (χ4n) is 2.70. The molecular weight excluding hydrogens is 436 g/mol. The van der Waals surface area contributed by atoms with Gasteiger partial charge in [0, 0.05) is 11.1 Å². The zero-order valence-electron chi connectivity index (χ0n) is 14.5. The summed E-state index contributed by atoms with van der Waals surface area (Å²) in [5, 5.41) is 0. The lowest BCUT2D eigenvalue weighted by molar-refractivity contribution is -0.348. The molecule has 1 amide bonds. The molecule has 2 N–H and O–H groups in total. The lowest BCUT2D eigenvalue weighted by Crippen LogP contribution is -2.50. The third-order valence-corrected chi connectivity index (χ3v) is 4.23. The van der Waals surface area contributed by atoms with E-state index in [1.807, 2.05) is 0 Å². The SMILES string of the molecule is NC(=O)c1cc(C(F)(F)F)ccc1Cc1ccc(C(F)(C(F)(F)F)C(F)(F)F)cc1. The lowest BCUT2D eigenvalue weighted by Gasteiger charge is -2.30. The Morgan fingerprint density at radius 1 is 0.733 bits per heavy atom. The van der Waals surface area contributed by atoms with E-state index in [-0.39, 0.29) is 29.7 Å². The average Bonchev–Trinajstić information content (AvgIpc) is 2.59. The van der Waals surface area contributed by atoms with E-state index < -0.39 is 46.8 Å². The van der Waals surface area contributed by atoms with Crippen LogP contribution in [-0.4, -0.2) is 18.3 Å². The fraction of sp³-hybridized carbons (Fsp3) is 0.278. The first kappa shape index (κ1) is 23.5. The second-order valence-electron chi connectivity index (χ2n) is 6.26. The van der Waals surface area contributed by atoms with Crippen LogP contribution in [0.25, 0.3) is 0 Å². The highest BCUT2D eigenvalue weighted by Crippen LogP contribution is 2.53. The summed E-state index contributed by atoms with van der Waals surface area (Å²) in [6.45, 7) is 0. The molecule has 0 fully saturated rings. The molecule has 0 saturated carbocycles. The van der Waals surface area contributed by atoms with Gasteiger partial charge in [0.25, 0.3) is 0 Å². The number of halogens is 10. The summed E-state index contributed by atoms with van der Waals surface area (Å²) in [5.41, 5.74) is -4.02. The maximum atomic E-state index is 14.0. The Bertz CT molecular complexity index is 912. The van der Waals surface area contributed by atoms with Crippen molar-refractivity contribution in [2.45, 2.75) is 30.6 Å². The van der Waals surface area contributed by atoms with Gasteiger partial charge in [-0.1, -0.05) is 30.3 Å². The van der Waals surface area contributed by atoms with Crippen molar-refractivity contribution in [2.24, 2.45) is 5.73 Å². The molecule has 30 heavy (non-hydrogen) atoms. The van der Waals surface area contributed by atoms with Crippen molar-refractivity contribution in [3.63, 3.8) is 0 Å². The molecule has 2 rings (SSSR count). The van der Waals surface area contributed by atoms with Crippen LogP contribution in [0.5, 0.6) is 0 Å². The first-order valence-electron chi connectivity index (χ1n) is 7.90. The van der Waals surface area contributed by atoms with Gasteiger partial charge in [-0.3, -0.25) is 4.79 Å². The number of alkyl halides is 10. The summed E-state index contributed by atoms with van der Waals surface area (Å²) in [6.07, 6.45) is -17.7. The Morgan fingerprint density at radius 3 is 1.60 bits per heavy atom. The second kappa shape index (κ2) is 7.47. The van der Waals surface area contributed by atoms with E-state index in [1.165, 1.54) is 0 Å². The minimum absolute atomic E-state index is 0.00714. The third kappa shape index (κ3) is 4.36. The number of hydrogen-bond donors (Lipinski definition) is 1. The molecule has 12 heteroatoms. The molecule has 0 saturated heterocycles. The van der Waals surface area contributed by atoms with Crippen LogP contribution in [0.3, 0.4) is 0 Å². The first-order valence-corrected chi connectivity index (χ1v) is 7.90. The van der Waals surface area contributed by atoms with E-state index in [2.05, 4.69) is 0 Å². The van der Waals surface area contributed by atoms with Gasteiger partial charge in [0.05, 0.1) is 5.56 Å². The second-order valence-corrected chi connectivity index (χ2v) is 6.26. The number of hydrogen-bond acceptors (Lipinski definition) is 1. The van der Waals surface area contributed by atoms with Crippen LogP contribution >= 0.6 is 0 Å². The van der Waals surface area contributed by atoms with Gasteiger partial charge in [-0.05, 0) is 29.7 Å². The van der Waals surface area contributed by atoms with Gasteiger partial charge in [0.2, 0.25) is 5.91 Å². The highest BCUT2D eigenvalue weighted by molar-refractivity contribution is 5.94. The van der Waals surface area contributed by atoms with Crippen LogP contribution in [0.4, 0.5) is 43.9 Å². The van der Waals surface area contributed by atoms with E-state index in [4.69, 9.17) is 5.73 Å². The van der Waals surface area contributed by atoms with Crippen molar-refractivity contribution in [2.75, 3.05) is 0 Å². The molecule has 0 radical (unpaired) electrons. The van der Waals surface area contributed by atoms with Crippen LogP contribution < -0.4 is 5.73 Å². The normalized spacial score (nSPS) is 13.4. The smallest absolute Gasteiger partial charge is 0.366 e. The summed E-state index contributed by atoms with van der Waals surface area (Å²) in [6, 6.07) is 4.03. The highest BCUT2D eigenvalue weighted by atomic mass is 19.4. The molecule has 0 aromatic heterocycles. The van der Waals surface area contributed by atoms with Crippen molar-refractivity contribution in [3.05, 3.63) is 70.3 Å². The van der Waals surface area contributed by atoms with Crippen molar-refractivity contribution in [3.8, 4) is 0 Å². The Kier molecular flexibility index (Phi) is 5.85. The fourth-order valence-corrected chi connectivity index (χ4v) is 2.70. The molecule has 0 spiro atoms. The zero-order valence-corrected chi connectivity index (χ0v) is 14.5. The summed E-state index contributed by atoms with van der Waals surface area (Å²) >= 11 is 0. The quantitative estimate of drug-likeness (QED) is 0.602. The summed E-state index contributed by atoms with van der Waals surface area (Å²) < 4.78 is 129. The maximum Gasteiger partial charge on any atom is 0.435 e. The number of carbonyl (C=O) groups excluding carboxylic acids is 1. The van der Waals surface area contributed by atoms with Crippen molar-refractivity contribution < 1.29 is 48.7 Å². The molecule has 0 aliphatic heterocycles. The van der Waals surface area contributed by atoms with Gasteiger partial charge < -0.3 is 5.73 Å². The van der Waals surface area contributed by atoms with Gasteiger partial charge in [0.1, 0.15) is 0 Å². The molecule has 2 nitrogen and oxygen atoms in total. The van der Waals surface area contributed by atoms with Crippen LogP contribution in [0.15, 0.2) is 42.5 Å². The van der Waals surface area contributed by atoms with Gasteiger partial charge in [-0.15, -0.1) is 0 Å². The molecule has 0 aliphatic rings. The van der Waals surface area contributed by atoms with E-state index in [1.54, 1.807) is 0 Å². The largest absolute Gasteiger partial charge is 0.435 e. The third-order valence-electron chi connectivity index (χ3n) is 4.23. The number of carbonyl (C=O) groups is 1. The number of benzene rings is 2. The predicted molar refractivity (Wildman–Crippen MR) is 84.1 cm³/mol. The zero-order chi connectivity index (χ0) is 23.1. The first-order chi connectivity index (χ1) is 13.5. The van der Waals surface area contributed by atoms with E-state index in [0.29, 0.717) is 12.1 Å².